The van der Waals surface area contributed by atoms with Crippen LogP contribution in [-0.4, -0.2) is 24.5 Å². The SMILES string of the molecule is COc1cc2ccc(=O)n(CC3(F)CCCC3)c2cc1OC. The molecule has 0 saturated heterocycles. The molecule has 0 aliphatic heterocycles. The second-order valence-electron chi connectivity index (χ2n) is 5.88. The summed E-state index contributed by atoms with van der Waals surface area (Å²) < 4.78 is 26.9. The molecule has 0 amide bonds. The van der Waals surface area contributed by atoms with E-state index in [0.29, 0.717) is 29.9 Å². The number of alkyl halides is 1. The zero-order valence-electron chi connectivity index (χ0n) is 12.9. The molecule has 5 heteroatoms. The van der Waals surface area contributed by atoms with Gasteiger partial charge in [0.25, 0.3) is 5.56 Å². The summed E-state index contributed by atoms with van der Waals surface area (Å²) in [6.45, 7) is 0.0959. The number of hydrogen-bond donors (Lipinski definition) is 0. The Bertz CT molecular complexity index is 747. The van der Waals surface area contributed by atoms with Crippen LogP contribution in [0.25, 0.3) is 10.9 Å². The van der Waals surface area contributed by atoms with Crippen LogP contribution in [0.1, 0.15) is 25.7 Å². The molecule has 0 spiro atoms. The molecule has 1 aromatic heterocycles. The molecule has 3 rings (SSSR count). The van der Waals surface area contributed by atoms with Crippen molar-refractivity contribution in [2.45, 2.75) is 37.9 Å². The fourth-order valence-electron chi connectivity index (χ4n) is 3.23. The van der Waals surface area contributed by atoms with Crippen LogP contribution in [0, 0.1) is 0 Å². The quantitative estimate of drug-likeness (QED) is 0.870. The predicted octanol–water partition coefficient (Wildman–Crippen LogP) is 3.30. The van der Waals surface area contributed by atoms with Crippen LogP contribution >= 0.6 is 0 Å². The number of ether oxygens (including phenoxy) is 2. The van der Waals surface area contributed by atoms with Gasteiger partial charge in [-0.2, -0.15) is 0 Å². The third-order valence-electron chi connectivity index (χ3n) is 4.44. The van der Waals surface area contributed by atoms with Crippen molar-refractivity contribution in [3.05, 3.63) is 34.6 Å². The van der Waals surface area contributed by atoms with E-state index in [1.807, 2.05) is 6.07 Å². The van der Waals surface area contributed by atoms with Crippen LogP contribution in [0.2, 0.25) is 0 Å². The minimum atomic E-state index is -1.29. The summed E-state index contributed by atoms with van der Waals surface area (Å²) in [4.78, 5) is 12.2. The van der Waals surface area contributed by atoms with Gasteiger partial charge in [0.1, 0.15) is 5.67 Å². The number of hydrogen-bond acceptors (Lipinski definition) is 3. The van der Waals surface area contributed by atoms with Crippen LogP contribution < -0.4 is 15.0 Å². The van der Waals surface area contributed by atoms with Gasteiger partial charge in [-0.25, -0.2) is 4.39 Å². The molecule has 0 N–H and O–H groups in total. The van der Waals surface area contributed by atoms with Gasteiger partial charge < -0.3 is 14.0 Å². The Morgan fingerprint density at radius 2 is 1.77 bits per heavy atom. The first-order valence-electron chi connectivity index (χ1n) is 7.51. The zero-order chi connectivity index (χ0) is 15.7. The summed E-state index contributed by atoms with van der Waals surface area (Å²) in [5.74, 6) is 1.13. The van der Waals surface area contributed by atoms with E-state index < -0.39 is 5.67 Å². The highest BCUT2D eigenvalue weighted by Gasteiger charge is 2.34. The van der Waals surface area contributed by atoms with Crippen molar-refractivity contribution >= 4 is 10.9 Å². The summed E-state index contributed by atoms with van der Waals surface area (Å²) in [7, 11) is 3.11. The lowest BCUT2D eigenvalue weighted by Crippen LogP contribution is -2.32. The second-order valence-corrected chi connectivity index (χ2v) is 5.88. The molecule has 1 saturated carbocycles. The lowest BCUT2D eigenvalue weighted by molar-refractivity contribution is 0.146. The largest absolute Gasteiger partial charge is 0.493 e. The van der Waals surface area contributed by atoms with Crippen molar-refractivity contribution in [3.8, 4) is 11.5 Å². The fraction of sp³-hybridized carbons (Fsp3) is 0.471. The number of fused-ring (bicyclic) bond motifs is 1. The Kier molecular flexibility index (Phi) is 3.81. The van der Waals surface area contributed by atoms with Gasteiger partial charge in [-0.1, -0.05) is 12.8 Å². The maximum atomic E-state index is 14.8. The molecular weight excluding hydrogens is 285 g/mol. The molecule has 1 aromatic carbocycles. The van der Waals surface area contributed by atoms with Gasteiger partial charge in [0.15, 0.2) is 11.5 Å². The van der Waals surface area contributed by atoms with Gasteiger partial charge in [0.2, 0.25) is 0 Å². The van der Waals surface area contributed by atoms with Gasteiger partial charge in [-0.15, -0.1) is 0 Å². The number of benzene rings is 1. The van der Waals surface area contributed by atoms with E-state index in [1.165, 1.54) is 10.6 Å². The van der Waals surface area contributed by atoms with Gasteiger partial charge in [-0.05, 0) is 25.0 Å². The van der Waals surface area contributed by atoms with Crippen molar-refractivity contribution < 1.29 is 13.9 Å². The summed E-state index contributed by atoms with van der Waals surface area (Å²) in [6, 6.07) is 6.76. The van der Waals surface area contributed by atoms with Crippen LogP contribution in [0.15, 0.2) is 29.1 Å². The Labute approximate surface area is 128 Å². The molecule has 22 heavy (non-hydrogen) atoms. The van der Waals surface area contributed by atoms with E-state index in [9.17, 15) is 9.18 Å². The first kappa shape index (κ1) is 14.9. The molecular formula is C17H20FNO3. The van der Waals surface area contributed by atoms with Crippen molar-refractivity contribution in [2.75, 3.05) is 14.2 Å². The average molecular weight is 305 g/mol. The monoisotopic (exact) mass is 305 g/mol. The zero-order valence-corrected chi connectivity index (χ0v) is 12.9. The van der Waals surface area contributed by atoms with Crippen LogP contribution in [0.4, 0.5) is 4.39 Å². The summed E-state index contributed by atoms with van der Waals surface area (Å²) in [6.07, 6.45) is 2.80. The van der Waals surface area contributed by atoms with E-state index in [-0.39, 0.29) is 12.1 Å². The Hall–Kier alpha value is -2.04. The predicted molar refractivity (Wildman–Crippen MR) is 83.6 cm³/mol. The van der Waals surface area contributed by atoms with E-state index >= 15 is 0 Å². The second kappa shape index (κ2) is 5.63. The van der Waals surface area contributed by atoms with E-state index in [4.69, 9.17) is 9.47 Å². The number of aromatic nitrogens is 1. The average Bonchev–Trinajstić information content (AvgIpc) is 2.95. The third kappa shape index (κ3) is 2.56. The molecule has 0 atom stereocenters. The molecule has 0 bridgehead atoms. The Morgan fingerprint density at radius 3 is 2.41 bits per heavy atom. The maximum absolute atomic E-state index is 14.8. The number of rotatable bonds is 4. The normalized spacial score (nSPS) is 16.9. The molecule has 1 heterocycles. The summed E-state index contributed by atoms with van der Waals surface area (Å²) in [5.41, 5.74) is -0.802. The summed E-state index contributed by atoms with van der Waals surface area (Å²) in [5, 5.41) is 0.832. The van der Waals surface area contributed by atoms with Crippen LogP contribution in [-0.2, 0) is 6.54 Å². The number of nitrogens with zero attached hydrogens (tertiary/aromatic N) is 1. The van der Waals surface area contributed by atoms with Crippen molar-refractivity contribution in [1.82, 2.24) is 4.57 Å². The molecule has 1 aliphatic rings. The van der Waals surface area contributed by atoms with Crippen molar-refractivity contribution in [3.63, 3.8) is 0 Å². The van der Waals surface area contributed by atoms with Gasteiger partial charge in [-0.3, -0.25) is 4.79 Å². The lowest BCUT2D eigenvalue weighted by Gasteiger charge is -2.22. The number of methoxy groups -OCH3 is 2. The van der Waals surface area contributed by atoms with Crippen molar-refractivity contribution in [2.24, 2.45) is 0 Å². The number of pyridine rings is 1. The lowest BCUT2D eigenvalue weighted by atomic mass is 10.0. The first-order valence-corrected chi connectivity index (χ1v) is 7.51. The van der Waals surface area contributed by atoms with E-state index in [1.54, 1.807) is 26.4 Å². The first-order chi connectivity index (χ1) is 10.6. The Morgan fingerprint density at radius 1 is 1.14 bits per heavy atom. The third-order valence-corrected chi connectivity index (χ3v) is 4.44. The molecule has 1 fully saturated rings. The smallest absolute Gasteiger partial charge is 0.251 e. The minimum absolute atomic E-state index is 0.0959. The van der Waals surface area contributed by atoms with Crippen molar-refractivity contribution in [1.29, 1.82) is 0 Å². The minimum Gasteiger partial charge on any atom is -0.493 e. The molecule has 0 unspecified atom stereocenters. The summed E-state index contributed by atoms with van der Waals surface area (Å²) >= 11 is 0. The van der Waals surface area contributed by atoms with E-state index in [2.05, 4.69) is 0 Å². The standard InChI is InChI=1S/C17H20FNO3/c1-21-14-9-12-5-6-16(20)19(13(12)10-15(14)22-2)11-17(18)7-3-4-8-17/h5-6,9-10H,3-4,7-8,11H2,1-2H3. The Balaban J connectivity index is 2.15. The van der Waals surface area contributed by atoms with E-state index in [0.717, 1.165) is 18.2 Å². The molecule has 0 radical (unpaired) electrons. The van der Waals surface area contributed by atoms with Gasteiger partial charge >= 0.3 is 0 Å². The van der Waals surface area contributed by atoms with Gasteiger partial charge in [0.05, 0.1) is 26.3 Å². The maximum Gasteiger partial charge on any atom is 0.251 e. The van der Waals surface area contributed by atoms with Gasteiger partial charge in [0, 0.05) is 17.5 Å². The highest BCUT2D eigenvalue weighted by Crippen LogP contribution is 2.36. The highest BCUT2D eigenvalue weighted by atomic mass is 19.1. The van der Waals surface area contributed by atoms with Crippen LogP contribution in [0.3, 0.4) is 0 Å². The molecule has 4 nitrogen and oxygen atoms in total. The highest BCUT2D eigenvalue weighted by molar-refractivity contribution is 5.83. The fourth-order valence-corrected chi connectivity index (χ4v) is 3.23. The molecule has 2 aromatic rings. The molecule has 1 aliphatic carbocycles. The van der Waals surface area contributed by atoms with Crippen LogP contribution in [0.5, 0.6) is 11.5 Å². The number of halogens is 1. The topological polar surface area (TPSA) is 40.5 Å². The molecule has 118 valence electrons.